The maximum Gasteiger partial charge on any atom is 0.137 e. The lowest BCUT2D eigenvalue weighted by molar-refractivity contribution is 1.16. The molecule has 3 rings (SSSR count). The van der Waals surface area contributed by atoms with Gasteiger partial charge in [-0.15, -0.1) is 0 Å². The van der Waals surface area contributed by atoms with Crippen LogP contribution in [0.3, 0.4) is 0 Å². The number of pyridine rings is 1. The molecule has 0 aliphatic carbocycles. The molecule has 0 bridgehead atoms. The van der Waals surface area contributed by atoms with Crippen LogP contribution in [0.5, 0.6) is 0 Å². The van der Waals surface area contributed by atoms with Crippen molar-refractivity contribution in [3.05, 3.63) is 57.8 Å². The van der Waals surface area contributed by atoms with Crippen LogP contribution < -0.4 is 0 Å². The van der Waals surface area contributed by atoms with Crippen molar-refractivity contribution in [2.75, 3.05) is 0 Å². The minimum atomic E-state index is 0.719. The third-order valence-corrected chi connectivity index (χ3v) is 4.05. The fourth-order valence-corrected chi connectivity index (χ4v) is 2.47. The van der Waals surface area contributed by atoms with Gasteiger partial charge >= 0.3 is 0 Å². The zero-order valence-electron chi connectivity index (χ0n) is 9.69. The molecule has 0 amide bonds. The van der Waals surface area contributed by atoms with Crippen LogP contribution in [0.2, 0.25) is 5.02 Å². The normalized spacial score (nSPS) is 11.1. The molecule has 0 unspecified atom stereocenters. The van der Waals surface area contributed by atoms with Crippen LogP contribution in [0, 0.1) is 6.92 Å². The smallest absolute Gasteiger partial charge is 0.137 e. The molecule has 0 spiro atoms. The van der Waals surface area contributed by atoms with Crippen LogP contribution >= 0.6 is 27.5 Å². The fraction of sp³-hybridized carbons (Fsp3) is 0.0714. The zero-order valence-corrected chi connectivity index (χ0v) is 12.0. The van der Waals surface area contributed by atoms with Gasteiger partial charge in [0.1, 0.15) is 5.65 Å². The van der Waals surface area contributed by atoms with Gasteiger partial charge < -0.3 is 4.40 Å². The molecular weight excluding hydrogens is 312 g/mol. The number of benzene rings is 1. The molecule has 90 valence electrons. The number of hydrogen-bond donors (Lipinski definition) is 0. The Labute approximate surface area is 118 Å². The largest absolute Gasteiger partial charge is 0.305 e. The Kier molecular flexibility index (Phi) is 2.88. The van der Waals surface area contributed by atoms with E-state index in [1.807, 2.05) is 54.0 Å². The first-order valence-corrected chi connectivity index (χ1v) is 6.72. The van der Waals surface area contributed by atoms with Crippen molar-refractivity contribution >= 4 is 33.2 Å². The molecule has 0 N–H and O–H groups in total. The summed E-state index contributed by atoms with van der Waals surface area (Å²) in [6.45, 7) is 2.05. The highest BCUT2D eigenvalue weighted by Crippen LogP contribution is 2.28. The Morgan fingerprint density at radius 3 is 2.78 bits per heavy atom. The quantitative estimate of drug-likeness (QED) is 0.633. The van der Waals surface area contributed by atoms with Gasteiger partial charge in [0, 0.05) is 22.4 Å². The Morgan fingerprint density at radius 2 is 2.00 bits per heavy atom. The van der Waals surface area contributed by atoms with Crippen LogP contribution in [0.15, 0.2) is 47.2 Å². The third-order valence-electron chi connectivity index (χ3n) is 2.89. The highest BCUT2D eigenvalue weighted by atomic mass is 79.9. The summed E-state index contributed by atoms with van der Waals surface area (Å²) in [6.07, 6.45) is 4.00. The van der Waals surface area contributed by atoms with E-state index >= 15 is 0 Å². The zero-order chi connectivity index (χ0) is 12.7. The van der Waals surface area contributed by atoms with E-state index in [0.717, 1.165) is 26.4 Å². The molecular formula is C14H10BrClN2. The molecule has 2 nitrogen and oxygen atoms in total. The SMILES string of the molecule is Cc1cc2nc(-c3ccccc3Cl)cn2cc1Br. The number of fused-ring (bicyclic) bond motifs is 1. The maximum atomic E-state index is 6.19. The van der Waals surface area contributed by atoms with E-state index < -0.39 is 0 Å². The Balaban J connectivity index is 2.23. The molecule has 0 saturated heterocycles. The lowest BCUT2D eigenvalue weighted by Gasteiger charge is -1.98. The van der Waals surface area contributed by atoms with Gasteiger partial charge in [-0.3, -0.25) is 0 Å². The van der Waals surface area contributed by atoms with Gasteiger partial charge in [0.2, 0.25) is 0 Å². The number of aromatic nitrogens is 2. The third kappa shape index (κ3) is 1.93. The molecule has 0 saturated carbocycles. The predicted octanol–water partition coefficient (Wildman–Crippen LogP) is 4.73. The van der Waals surface area contributed by atoms with Crippen molar-refractivity contribution < 1.29 is 0 Å². The second-order valence-corrected chi connectivity index (χ2v) is 5.44. The van der Waals surface area contributed by atoms with Crippen LogP contribution in [-0.2, 0) is 0 Å². The number of imidazole rings is 1. The summed E-state index contributed by atoms with van der Waals surface area (Å²) < 4.78 is 3.06. The summed E-state index contributed by atoms with van der Waals surface area (Å²) in [7, 11) is 0. The summed E-state index contributed by atoms with van der Waals surface area (Å²) in [5.41, 5.74) is 3.93. The summed E-state index contributed by atoms with van der Waals surface area (Å²) in [4.78, 5) is 4.60. The monoisotopic (exact) mass is 320 g/mol. The average molecular weight is 322 g/mol. The van der Waals surface area contributed by atoms with E-state index in [-0.39, 0.29) is 0 Å². The van der Waals surface area contributed by atoms with E-state index in [4.69, 9.17) is 11.6 Å². The number of aryl methyl sites for hydroxylation is 1. The van der Waals surface area contributed by atoms with Gasteiger partial charge in [0.25, 0.3) is 0 Å². The van der Waals surface area contributed by atoms with Gasteiger partial charge in [-0.25, -0.2) is 4.98 Å². The Bertz CT molecular complexity index is 695. The molecule has 0 fully saturated rings. The molecule has 2 heterocycles. The molecule has 0 aliphatic heterocycles. The predicted molar refractivity (Wildman–Crippen MR) is 78.1 cm³/mol. The Hall–Kier alpha value is -1.32. The van der Waals surface area contributed by atoms with Crippen LogP contribution in [0.1, 0.15) is 5.56 Å². The lowest BCUT2D eigenvalue weighted by atomic mass is 10.2. The number of nitrogens with zero attached hydrogens (tertiary/aromatic N) is 2. The van der Waals surface area contributed by atoms with E-state index in [1.54, 1.807) is 0 Å². The van der Waals surface area contributed by atoms with Crippen molar-refractivity contribution in [1.29, 1.82) is 0 Å². The Morgan fingerprint density at radius 1 is 1.22 bits per heavy atom. The molecule has 1 aromatic carbocycles. The first-order chi connectivity index (χ1) is 8.65. The fourth-order valence-electron chi connectivity index (χ4n) is 1.90. The minimum Gasteiger partial charge on any atom is -0.305 e. The number of hydrogen-bond acceptors (Lipinski definition) is 1. The standard InChI is InChI=1S/C14H10BrClN2/c1-9-6-14-17-13(8-18(14)7-11(9)15)10-4-2-3-5-12(10)16/h2-8H,1H3. The second kappa shape index (κ2) is 4.41. The van der Waals surface area contributed by atoms with Crippen molar-refractivity contribution in [1.82, 2.24) is 9.38 Å². The maximum absolute atomic E-state index is 6.19. The summed E-state index contributed by atoms with van der Waals surface area (Å²) in [5, 5.41) is 0.719. The second-order valence-electron chi connectivity index (χ2n) is 4.18. The molecule has 18 heavy (non-hydrogen) atoms. The highest BCUT2D eigenvalue weighted by molar-refractivity contribution is 9.10. The van der Waals surface area contributed by atoms with Crippen molar-refractivity contribution in [2.45, 2.75) is 6.92 Å². The lowest BCUT2D eigenvalue weighted by Crippen LogP contribution is -1.85. The summed E-state index contributed by atoms with van der Waals surface area (Å²) in [5.74, 6) is 0. The van der Waals surface area contributed by atoms with Gasteiger partial charge in [0.05, 0.1) is 10.7 Å². The molecule has 2 aromatic heterocycles. The van der Waals surface area contributed by atoms with Gasteiger partial charge in [-0.05, 0) is 40.5 Å². The summed E-state index contributed by atoms with van der Waals surface area (Å²) >= 11 is 9.71. The van der Waals surface area contributed by atoms with Crippen molar-refractivity contribution in [3.63, 3.8) is 0 Å². The molecule has 4 heteroatoms. The molecule has 0 atom stereocenters. The first kappa shape index (κ1) is 11.8. The molecule has 0 aliphatic rings. The van der Waals surface area contributed by atoms with Crippen LogP contribution in [0.25, 0.3) is 16.9 Å². The van der Waals surface area contributed by atoms with Crippen molar-refractivity contribution in [2.24, 2.45) is 0 Å². The number of rotatable bonds is 1. The van der Waals surface area contributed by atoms with Gasteiger partial charge in [-0.1, -0.05) is 29.8 Å². The molecule has 0 radical (unpaired) electrons. The van der Waals surface area contributed by atoms with E-state index in [9.17, 15) is 0 Å². The number of halogens is 2. The van der Waals surface area contributed by atoms with E-state index in [1.165, 1.54) is 5.56 Å². The van der Waals surface area contributed by atoms with Crippen molar-refractivity contribution in [3.8, 4) is 11.3 Å². The highest BCUT2D eigenvalue weighted by Gasteiger charge is 2.08. The van der Waals surface area contributed by atoms with E-state index in [0.29, 0.717) is 0 Å². The minimum absolute atomic E-state index is 0.719. The average Bonchev–Trinajstić information content (AvgIpc) is 2.73. The van der Waals surface area contributed by atoms with Gasteiger partial charge in [-0.2, -0.15) is 0 Å². The van der Waals surface area contributed by atoms with Gasteiger partial charge in [0.15, 0.2) is 0 Å². The first-order valence-electron chi connectivity index (χ1n) is 5.55. The topological polar surface area (TPSA) is 17.3 Å². The van der Waals surface area contributed by atoms with Crippen LogP contribution in [0.4, 0.5) is 0 Å². The van der Waals surface area contributed by atoms with E-state index in [2.05, 4.69) is 20.9 Å². The van der Waals surface area contributed by atoms with Crippen LogP contribution in [-0.4, -0.2) is 9.38 Å². The molecule has 3 aromatic rings. The summed E-state index contributed by atoms with van der Waals surface area (Å²) in [6, 6.07) is 9.78.